The van der Waals surface area contributed by atoms with Crippen LogP contribution >= 0.6 is 23.2 Å². The van der Waals surface area contributed by atoms with Gasteiger partial charge in [0.05, 0.1) is 18.4 Å². The molecule has 0 saturated carbocycles. The van der Waals surface area contributed by atoms with Crippen LogP contribution in [-0.4, -0.2) is 58.5 Å². The fraction of sp³-hybridized carbons (Fsp3) is 0.214. The number of carbonyl (C=O) groups is 1. The monoisotopic (exact) mass is 568 g/mol. The molecule has 1 N–H and O–H groups in total. The van der Waals surface area contributed by atoms with Crippen molar-refractivity contribution in [2.24, 2.45) is 0 Å². The molecule has 4 aromatic rings. The largest absolute Gasteiger partial charge is 0.588 e. The number of halogens is 2. The number of fused-ring (bicyclic) bond motifs is 1. The quantitative estimate of drug-likeness (QED) is 0.290. The Hall–Kier alpha value is -3.01. The first kappa shape index (κ1) is 26.6. The van der Waals surface area contributed by atoms with Crippen molar-refractivity contribution in [2.45, 2.75) is 11.4 Å². The van der Waals surface area contributed by atoms with Crippen LogP contribution in [0, 0.1) is 0 Å². The van der Waals surface area contributed by atoms with E-state index in [4.69, 9.17) is 27.9 Å². The number of piperazine rings is 1. The van der Waals surface area contributed by atoms with E-state index in [9.17, 15) is 9.35 Å². The van der Waals surface area contributed by atoms with Crippen molar-refractivity contribution in [3.05, 3.63) is 94.1 Å². The van der Waals surface area contributed by atoms with Crippen molar-refractivity contribution in [1.29, 1.82) is 0 Å². The van der Waals surface area contributed by atoms with E-state index < -0.39 is 11.4 Å². The molecule has 7 nitrogen and oxygen atoms in total. The van der Waals surface area contributed by atoms with Gasteiger partial charge in [-0.2, -0.15) is 0 Å². The zero-order valence-corrected chi connectivity index (χ0v) is 23.0. The molecule has 0 aliphatic carbocycles. The molecule has 38 heavy (non-hydrogen) atoms. The number of ether oxygens (including phenoxy) is 1. The van der Waals surface area contributed by atoms with Gasteiger partial charge in [0.25, 0.3) is 5.91 Å². The van der Waals surface area contributed by atoms with Crippen LogP contribution in [0.2, 0.25) is 10.0 Å². The van der Waals surface area contributed by atoms with Crippen LogP contribution in [0.5, 0.6) is 5.75 Å². The highest BCUT2D eigenvalue weighted by molar-refractivity contribution is 7.93. The maximum Gasteiger partial charge on any atom is 0.257 e. The Labute approximate surface area is 234 Å². The molecule has 1 saturated heterocycles. The first-order chi connectivity index (χ1) is 18.4. The van der Waals surface area contributed by atoms with Gasteiger partial charge in [0.2, 0.25) is 4.90 Å². The molecule has 1 aromatic heterocycles. The lowest BCUT2D eigenvalue weighted by molar-refractivity contribution is 0.0625. The summed E-state index contributed by atoms with van der Waals surface area (Å²) in [6.07, 6.45) is 1.68. The van der Waals surface area contributed by atoms with Gasteiger partial charge in [0, 0.05) is 60.4 Å². The number of hydrogen-bond donors (Lipinski definition) is 1. The molecule has 1 unspecified atom stereocenters. The van der Waals surface area contributed by atoms with Gasteiger partial charge < -0.3 is 14.2 Å². The summed E-state index contributed by atoms with van der Waals surface area (Å²) in [4.78, 5) is 22.4. The van der Waals surface area contributed by atoms with Gasteiger partial charge in [-0.3, -0.25) is 14.7 Å². The third-order valence-corrected chi connectivity index (χ3v) is 8.01. The summed E-state index contributed by atoms with van der Waals surface area (Å²) < 4.78 is 21.7. The van der Waals surface area contributed by atoms with Crippen molar-refractivity contribution < 1.29 is 14.1 Å². The van der Waals surface area contributed by atoms with Gasteiger partial charge in [0.1, 0.15) is 22.6 Å². The minimum atomic E-state index is -1.55. The molecule has 1 amide bonds. The number of methoxy groups -OCH3 is 1. The molecule has 0 radical (unpaired) electrons. The van der Waals surface area contributed by atoms with E-state index in [2.05, 4.69) is 14.6 Å². The van der Waals surface area contributed by atoms with Gasteiger partial charge in [-0.05, 0) is 48.0 Å². The van der Waals surface area contributed by atoms with Gasteiger partial charge in [-0.15, -0.1) is 0 Å². The molecular weight excluding hydrogens is 543 g/mol. The lowest BCUT2D eigenvalue weighted by Crippen LogP contribution is -2.48. The molecule has 1 aliphatic heterocycles. The molecule has 10 heteroatoms. The number of nitrogens with one attached hydrogen (secondary N) is 1. The highest BCUT2D eigenvalue weighted by Crippen LogP contribution is 2.28. The molecular formula is C28H26Cl2N4O3S. The topological polar surface area (TPSA) is 80.8 Å². The number of amides is 1. The second kappa shape index (κ2) is 11.8. The SMILES string of the molecule is COc1cc(N[S+]([O-])c2cccc3cccnc23)ccc1C(=O)N1CCN(Cc2cc(Cl)cc(Cl)c2)CC1. The summed E-state index contributed by atoms with van der Waals surface area (Å²) in [5.74, 6) is 0.322. The number of anilines is 1. The summed E-state index contributed by atoms with van der Waals surface area (Å²) in [6.45, 7) is 3.36. The van der Waals surface area contributed by atoms with Gasteiger partial charge >= 0.3 is 0 Å². The standard InChI is InChI=1S/C28H26Cl2N4O3S/c1-37-25-17-23(32-38(36)26-6-2-4-20-5-3-9-31-27(20)26)7-8-24(25)28(35)34-12-10-33(11-13-34)18-19-14-21(29)16-22(30)15-19/h2-9,14-17,32H,10-13,18H2,1H3. The molecule has 0 spiro atoms. The number of nitrogens with zero attached hydrogens (tertiary/aromatic N) is 3. The molecule has 1 fully saturated rings. The van der Waals surface area contributed by atoms with Crippen LogP contribution in [0.4, 0.5) is 5.69 Å². The maximum atomic E-state index is 13.3. The zero-order valence-electron chi connectivity index (χ0n) is 20.7. The fourth-order valence-corrected chi connectivity index (χ4v) is 6.13. The van der Waals surface area contributed by atoms with Crippen LogP contribution in [0.15, 0.2) is 77.8 Å². The number of benzene rings is 3. The molecule has 3 aromatic carbocycles. The Balaban J connectivity index is 1.24. The van der Waals surface area contributed by atoms with Crippen molar-refractivity contribution in [1.82, 2.24) is 14.8 Å². The van der Waals surface area contributed by atoms with Crippen molar-refractivity contribution in [3.8, 4) is 5.75 Å². The number of aromatic nitrogens is 1. The Morgan fingerprint density at radius 2 is 1.76 bits per heavy atom. The van der Waals surface area contributed by atoms with E-state index in [1.165, 1.54) is 7.11 Å². The number of pyridine rings is 1. The first-order valence-corrected chi connectivity index (χ1v) is 14.0. The van der Waals surface area contributed by atoms with E-state index in [-0.39, 0.29) is 5.91 Å². The Morgan fingerprint density at radius 3 is 2.50 bits per heavy atom. The normalized spacial score (nSPS) is 14.9. The number of para-hydroxylation sites is 1. The minimum absolute atomic E-state index is 0.0989. The predicted molar refractivity (Wildman–Crippen MR) is 152 cm³/mol. The average Bonchev–Trinajstić information content (AvgIpc) is 2.92. The Morgan fingerprint density at radius 1 is 1.03 bits per heavy atom. The second-order valence-corrected chi connectivity index (χ2v) is 11.0. The summed E-state index contributed by atoms with van der Waals surface area (Å²) in [7, 11) is 1.52. The Kier molecular flexibility index (Phi) is 8.26. The van der Waals surface area contributed by atoms with Crippen molar-refractivity contribution in [2.75, 3.05) is 38.0 Å². The van der Waals surface area contributed by atoms with E-state index in [1.807, 2.05) is 41.3 Å². The van der Waals surface area contributed by atoms with E-state index in [1.54, 1.807) is 36.5 Å². The lowest BCUT2D eigenvalue weighted by atomic mass is 10.1. The predicted octanol–water partition coefficient (Wildman–Crippen LogP) is 5.64. The minimum Gasteiger partial charge on any atom is -0.588 e. The average molecular weight is 570 g/mol. The molecule has 1 aliphatic rings. The third kappa shape index (κ3) is 6.00. The first-order valence-electron chi connectivity index (χ1n) is 12.1. The third-order valence-electron chi connectivity index (χ3n) is 6.43. The van der Waals surface area contributed by atoms with Crippen LogP contribution in [0.1, 0.15) is 15.9 Å². The molecule has 196 valence electrons. The van der Waals surface area contributed by atoms with E-state index in [0.717, 1.165) is 30.6 Å². The lowest BCUT2D eigenvalue weighted by Gasteiger charge is -2.35. The summed E-state index contributed by atoms with van der Waals surface area (Å²) in [5.41, 5.74) is 2.77. The maximum absolute atomic E-state index is 13.3. The fourth-order valence-electron chi connectivity index (χ4n) is 4.56. The summed E-state index contributed by atoms with van der Waals surface area (Å²) in [6, 6.07) is 20.0. The molecule has 5 rings (SSSR count). The smallest absolute Gasteiger partial charge is 0.257 e. The van der Waals surface area contributed by atoms with Gasteiger partial charge in [-0.1, -0.05) is 41.4 Å². The van der Waals surface area contributed by atoms with Crippen LogP contribution < -0.4 is 9.46 Å². The van der Waals surface area contributed by atoms with E-state index in [0.29, 0.717) is 50.5 Å². The van der Waals surface area contributed by atoms with Crippen LogP contribution in [0.25, 0.3) is 10.9 Å². The highest BCUT2D eigenvalue weighted by Gasteiger charge is 2.25. The number of hydrogen-bond acceptors (Lipinski definition) is 6. The van der Waals surface area contributed by atoms with Crippen molar-refractivity contribution >= 4 is 57.1 Å². The summed E-state index contributed by atoms with van der Waals surface area (Å²) in [5, 5.41) is 2.14. The zero-order chi connectivity index (χ0) is 26.6. The van der Waals surface area contributed by atoms with Gasteiger partial charge in [-0.25, -0.2) is 4.72 Å². The molecule has 1 atom stereocenters. The van der Waals surface area contributed by atoms with Gasteiger partial charge in [0.15, 0.2) is 0 Å². The molecule has 2 heterocycles. The number of carbonyl (C=O) groups excluding carboxylic acids is 1. The van der Waals surface area contributed by atoms with Crippen molar-refractivity contribution in [3.63, 3.8) is 0 Å². The molecule has 0 bridgehead atoms. The van der Waals surface area contributed by atoms with Crippen LogP contribution in [0.3, 0.4) is 0 Å². The van der Waals surface area contributed by atoms with Crippen LogP contribution in [-0.2, 0) is 17.9 Å². The Bertz CT molecular complexity index is 1440. The second-order valence-electron chi connectivity index (χ2n) is 8.96. The number of rotatable bonds is 7. The summed E-state index contributed by atoms with van der Waals surface area (Å²) >= 11 is 10.7. The highest BCUT2D eigenvalue weighted by atomic mass is 35.5. The van der Waals surface area contributed by atoms with E-state index >= 15 is 0 Å².